The number of hydrogen-bond acceptors (Lipinski definition) is 3. The first-order valence-electron chi connectivity index (χ1n) is 4.80. The molecule has 1 atom stereocenters. The van der Waals surface area contributed by atoms with Crippen LogP contribution in [0.3, 0.4) is 0 Å². The second-order valence-corrected chi connectivity index (χ2v) is 4.66. The number of carboxylic acid groups (broad SMARTS) is 1. The average molecular weight is 225 g/mol. The van der Waals surface area contributed by atoms with Gasteiger partial charge in [-0.15, -0.1) is 0 Å². The highest BCUT2D eigenvalue weighted by Gasteiger charge is 2.10. The fourth-order valence-electron chi connectivity index (χ4n) is 1.12. The van der Waals surface area contributed by atoms with Crippen LogP contribution >= 0.6 is 11.8 Å². The number of nitrogens with zero attached hydrogens (tertiary/aromatic N) is 1. The quantitative estimate of drug-likeness (QED) is 0.835. The minimum atomic E-state index is -0.732. The summed E-state index contributed by atoms with van der Waals surface area (Å²) in [6.07, 6.45) is 3.64. The number of thioether (sulfide) groups is 1. The molecule has 15 heavy (non-hydrogen) atoms. The van der Waals surface area contributed by atoms with Gasteiger partial charge in [0.2, 0.25) is 0 Å². The van der Waals surface area contributed by atoms with Crippen LogP contribution in [0.1, 0.15) is 18.1 Å². The molecule has 1 heterocycles. The summed E-state index contributed by atoms with van der Waals surface area (Å²) in [5.41, 5.74) is 2.29. The van der Waals surface area contributed by atoms with Crippen LogP contribution in [-0.2, 0) is 10.5 Å². The molecule has 1 rings (SSSR count). The number of aryl methyl sites for hydroxylation is 1. The van der Waals surface area contributed by atoms with Gasteiger partial charge in [0.15, 0.2) is 0 Å². The Bertz CT molecular complexity index is 341. The van der Waals surface area contributed by atoms with Crippen molar-refractivity contribution >= 4 is 17.7 Å². The van der Waals surface area contributed by atoms with Crippen molar-refractivity contribution in [1.82, 2.24) is 4.98 Å². The SMILES string of the molecule is Cc1cncc(CSCC(C)C(=O)O)c1. The Hall–Kier alpha value is -1.03. The lowest BCUT2D eigenvalue weighted by molar-refractivity contribution is -0.140. The van der Waals surface area contributed by atoms with E-state index < -0.39 is 5.97 Å². The summed E-state index contributed by atoms with van der Waals surface area (Å²) in [7, 11) is 0. The van der Waals surface area contributed by atoms with Crippen LogP contribution in [0.5, 0.6) is 0 Å². The van der Waals surface area contributed by atoms with Gasteiger partial charge in [0.05, 0.1) is 5.92 Å². The first-order valence-corrected chi connectivity index (χ1v) is 5.96. The standard InChI is InChI=1S/C11H15NO2S/c1-8-3-10(5-12-4-8)7-15-6-9(2)11(13)14/h3-5,9H,6-7H2,1-2H3,(H,13,14). The summed E-state index contributed by atoms with van der Waals surface area (Å²) in [6.45, 7) is 3.73. The van der Waals surface area contributed by atoms with Gasteiger partial charge >= 0.3 is 5.97 Å². The molecule has 0 amide bonds. The zero-order valence-electron chi connectivity index (χ0n) is 8.93. The molecule has 4 heteroatoms. The fourth-order valence-corrected chi connectivity index (χ4v) is 2.13. The lowest BCUT2D eigenvalue weighted by Crippen LogP contribution is -2.11. The van der Waals surface area contributed by atoms with Crippen molar-refractivity contribution in [2.45, 2.75) is 19.6 Å². The molecule has 1 unspecified atom stereocenters. The molecule has 0 saturated carbocycles. The summed E-state index contributed by atoms with van der Waals surface area (Å²) < 4.78 is 0. The predicted molar refractivity (Wildman–Crippen MR) is 61.9 cm³/mol. The van der Waals surface area contributed by atoms with Gasteiger partial charge in [-0.25, -0.2) is 0 Å². The number of hydrogen-bond donors (Lipinski definition) is 1. The van der Waals surface area contributed by atoms with E-state index in [1.165, 1.54) is 0 Å². The molecule has 0 saturated heterocycles. The van der Waals surface area contributed by atoms with Gasteiger partial charge in [-0.3, -0.25) is 9.78 Å². The Morgan fingerprint density at radius 1 is 1.60 bits per heavy atom. The van der Waals surface area contributed by atoms with Crippen molar-refractivity contribution in [3.63, 3.8) is 0 Å². The molecule has 3 nitrogen and oxygen atoms in total. The van der Waals surface area contributed by atoms with Gasteiger partial charge in [0, 0.05) is 23.9 Å². The van der Waals surface area contributed by atoms with Gasteiger partial charge in [0.25, 0.3) is 0 Å². The summed E-state index contributed by atoms with van der Waals surface area (Å²) in [5.74, 6) is 0.452. The van der Waals surface area contributed by atoms with Crippen LogP contribution in [0.15, 0.2) is 18.5 Å². The van der Waals surface area contributed by atoms with E-state index in [1.807, 2.05) is 19.3 Å². The molecule has 0 aliphatic carbocycles. The Kier molecular flexibility index (Phi) is 4.62. The number of rotatable bonds is 5. The highest BCUT2D eigenvalue weighted by Crippen LogP contribution is 2.15. The van der Waals surface area contributed by atoms with Crippen LogP contribution in [-0.4, -0.2) is 21.8 Å². The molecule has 0 aliphatic heterocycles. The number of carbonyl (C=O) groups is 1. The maximum absolute atomic E-state index is 10.6. The molecule has 1 aromatic rings. The molecule has 0 radical (unpaired) electrons. The number of pyridine rings is 1. The van der Waals surface area contributed by atoms with Gasteiger partial charge in [0.1, 0.15) is 0 Å². The minimum Gasteiger partial charge on any atom is -0.481 e. The normalized spacial score (nSPS) is 12.4. The highest BCUT2D eigenvalue weighted by atomic mass is 32.2. The van der Waals surface area contributed by atoms with E-state index in [9.17, 15) is 4.79 Å². The third kappa shape index (κ3) is 4.34. The fraction of sp³-hybridized carbons (Fsp3) is 0.455. The van der Waals surface area contributed by atoms with E-state index in [0.29, 0.717) is 5.75 Å². The smallest absolute Gasteiger partial charge is 0.307 e. The summed E-state index contributed by atoms with van der Waals surface area (Å²) >= 11 is 1.63. The molecule has 0 bridgehead atoms. The molecule has 1 N–H and O–H groups in total. The maximum Gasteiger partial charge on any atom is 0.307 e. The average Bonchev–Trinajstić information content (AvgIpc) is 2.17. The zero-order valence-corrected chi connectivity index (χ0v) is 9.75. The topological polar surface area (TPSA) is 50.2 Å². The van der Waals surface area contributed by atoms with E-state index in [0.717, 1.165) is 16.9 Å². The van der Waals surface area contributed by atoms with Crippen molar-refractivity contribution in [3.05, 3.63) is 29.6 Å². The molecule has 0 fully saturated rings. The molecule has 0 aliphatic rings. The first kappa shape index (κ1) is 12.0. The Morgan fingerprint density at radius 2 is 2.33 bits per heavy atom. The second-order valence-electron chi connectivity index (χ2n) is 3.62. The van der Waals surface area contributed by atoms with E-state index in [-0.39, 0.29) is 5.92 Å². The van der Waals surface area contributed by atoms with E-state index in [2.05, 4.69) is 11.1 Å². The molecule has 0 aromatic carbocycles. The monoisotopic (exact) mass is 225 g/mol. The predicted octanol–water partition coefficient (Wildman–Crippen LogP) is 2.34. The Balaban J connectivity index is 2.35. The Morgan fingerprint density at radius 3 is 2.93 bits per heavy atom. The number of carboxylic acids is 1. The van der Waals surface area contributed by atoms with E-state index in [1.54, 1.807) is 18.7 Å². The number of aliphatic carboxylic acids is 1. The lowest BCUT2D eigenvalue weighted by Gasteiger charge is -2.05. The number of aromatic nitrogens is 1. The molecular weight excluding hydrogens is 210 g/mol. The van der Waals surface area contributed by atoms with Gasteiger partial charge in [-0.1, -0.05) is 13.0 Å². The largest absolute Gasteiger partial charge is 0.481 e. The van der Waals surface area contributed by atoms with Crippen molar-refractivity contribution in [2.75, 3.05) is 5.75 Å². The van der Waals surface area contributed by atoms with E-state index >= 15 is 0 Å². The van der Waals surface area contributed by atoms with Crippen molar-refractivity contribution < 1.29 is 9.90 Å². The van der Waals surface area contributed by atoms with Crippen LogP contribution in [0.4, 0.5) is 0 Å². The molecule has 82 valence electrons. The zero-order chi connectivity index (χ0) is 11.3. The third-order valence-electron chi connectivity index (χ3n) is 1.99. The third-order valence-corrected chi connectivity index (χ3v) is 3.26. The highest BCUT2D eigenvalue weighted by molar-refractivity contribution is 7.98. The second kappa shape index (κ2) is 5.75. The molecular formula is C11H15NO2S. The maximum atomic E-state index is 10.6. The molecule has 0 spiro atoms. The van der Waals surface area contributed by atoms with Crippen LogP contribution < -0.4 is 0 Å². The van der Waals surface area contributed by atoms with Crippen LogP contribution in [0.25, 0.3) is 0 Å². The summed E-state index contributed by atoms with van der Waals surface area (Å²) in [5, 5.41) is 8.70. The van der Waals surface area contributed by atoms with Crippen molar-refractivity contribution in [1.29, 1.82) is 0 Å². The van der Waals surface area contributed by atoms with Gasteiger partial charge in [-0.2, -0.15) is 11.8 Å². The van der Waals surface area contributed by atoms with Crippen molar-refractivity contribution in [3.8, 4) is 0 Å². The van der Waals surface area contributed by atoms with Crippen LogP contribution in [0.2, 0.25) is 0 Å². The van der Waals surface area contributed by atoms with Crippen molar-refractivity contribution in [2.24, 2.45) is 5.92 Å². The van der Waals surface area contributed by atoms with Gasteiger partial charge in [-0.05, 0) is 18.1 Å². The van der Waals surface area contributed by atoms with Crippen LogP contribution in [0, 0.1) is 12.8 Å². The van der Waals surface area contributed by atoms with Gasteiger partial charge < -0.3 is 5.11 Å². The first-order chi connectivity index (χ1) is 7.09. The Labute approximate surface area is 93.9 Å². The summed E-state index contributed by atoms with van der Waals surface area (Å²) in [6, 6.07) is 2.07. The summed E-state index contributed by atoms with van der Waals surface area (Å²) in [4.78, 5) is 14.7. The minimum absolute atomic E-state index is 0.284. The molecule has 1 aromatic heterocycles. The van der Waals surface area contributed by atoms with E-state index in [4.69, 9.17) is 5.11 Å². The lowest BCUT2D eigenvalue weighted by atomic mass is 10.2.